The number of urea groups is 1. The monoisotopic (exact) mass is 541 g/mol. The number of rotatable bonds is 7. The lowest BCUT2D eigenvalue weighted by Crippen LogP contribution is -2.53. The molecule has 0 aliphatic carbocycles. The van der Waals surface area contributed by atoms with E-state index in [1.165, 1.54) is 0 Å². The van der Waals surface area contributed by atoms with E-state index in [2.05, 4.69) is 22.8 Å². The summed E-state index contributed by atoms with van der Waals surface area (Å²) in [6, 6.07) is 26.0. The first-order valence-electron chi connectivity index (χ1n) is 13.8. The van der Waals surface area contributed by atoms with Crippen LogP contribution < -0.4 is 10.6 Å². The zero-order chi connectivity index (χ0) is 28.7. The van der Waals surface area contributed by atoms with E-state index in [0.717, 1.165) is 16.7 Å². The summed E-state index contributed by atoms with van der Waals surface area (Å²) in [4.78, 5) is 41.9. The molecule has 3 amide bonds. The highest BCUT2D eigenvalue weighted by Gasteiger charge is 2.39. The largest absolute Gasteiger partial charge is 0.459 e. The van der Waals surface area contributed by atoms with Gasteiger partial charge in [-0.1, -0.05) is 72.8 Å². The van der Waals surface area contributed by atoms with E-state index in [1.807, 2.05) is 94.4 Å². The molecule has 210 valence electrons. The van der Waals surface area contributed by atoms with Crippen molar-refractivity contribution in [2.24, 2.45) is 0 Å². The van der Waals surface area contributed by atoms with Gasteiger partial charge in [0, 0.05) is 11.7 Å². The molecule has 2 N–H and O–H groups in total. The number of hydrogen-bond acceptors (Lipinski definition) is 4. The first-order chi connectivity index (χ1) is 19.1. The van der Waals surface area contributed by atoms with Crippen molar-refractivity contribution in [3.05, 3.63) is 102 Å². The molecule has 7 nitrogen and oxygen atoms in total. The standard InChI is InChI=1S/C33H39N3O4/c1-23-12-11-17-27(18-23)34-32(39)35-29-21-26(25-15-9-6-10-16-25)20-28(19-24-13-7-5-8-14-24)36(31(29)38)22-30(37)40-33(2,3)4/h5-18,26,28-29H,19-22H2,1-4H3,(H2,34,35,39). The van der Waals surface area contributed by atoms with Crippen molar-refractivity contribution >= 4 is 23.6 Å². The van der Waals surface area contributed by atoms with Gasteiger partial charge in [0.2, 0.25) is 5.91 Å². The van der Waals surface area contributed by atoms with Crippen LogP contribution >= 0.6 is 0 Å². The predicted molar refractivity (Wildman–Crippen MR) is 157 cm³/mol. The Morgan fingerprint density at radius 3 is 2.25 bits per heavy atom. The summed E-state index contributed by atoms with van der Waals surface area (Å²) >= 11 is 0. The van der Waals surface area contributed by atoms with E-state index in [0.29, 0.717) is 24.9 Å². The number of benzene rings is 3. The van der Waals surface area contributed by atoms with Gasteiger partial charge in [-0.25, -0.2) is 4.79 Å². The zero-order valence-corrected chi connectivity index (χ0v) is 23.7. The van der Waals surface area contributed by atoms with E-state index in [4.69, 9.17) is 4.74 Å². The molecule has 0 radical (unpaired) electrons. The number of ether oxygens (including phenoxy) is 1. The number of nitrogens with one attached hydrogen (secondary N) is 2. The second kappa shape index (κ2) is 12.8. The Bertz CT molecular complexity index is 1300. The molecule has 0 bridgehead atoms. The SMILES string of the molecule is Cc1cccc(NC(=O)NC2CC(c3ccccc3)CC(Cc3ccccc3)N(CC(=O)OC(C)(C)C)C2=O)c1. The second-order valence-electron chi connectivity index (χ2n) is 11.5. The predicted octanol–water partition coefficient (Wildman–Crippen LogP) is 5.84. The quantitative estimate of drug-likeness (QED) is 0.368. The normalized spacial score (nSPS) is 19.4. The van der Waals surface area contributed by atoms with E-state index in [-0.39, 0.29) is 24.4 Å². The van der Waals surface area contributed by atoms with E-state index >= 15 is 0 Å². The van der Waals surface area contributed by atoms with Gasteiger partial charge in [-0.3, -0.25) is 9.59 Å². The molecule has 1 heterocycles. The maximum absolute atomic E-state index is 14.1. The van der Waals surface area contributed by atoms with Gasteiger partial charge in [0.1, 0.15) is 18.2 Å². The topological polar surface area (TPSA) is 87.7 Å². The van der Waals surface area contributed by atoms with Gasteiger partial charge in [0.05, 0.1) is 0 Å². The summed E-state index contributed by atoms with van der Waals surface area (Å²) in [5.74, 6) is -0.767. The molecule has 1 saturated heterocycles. The van der Waals surface area contributed by atoms with E-state index in [9.17, 15) is 14.4 Å². The lowest BCUT2D eigenvalue weighted by atomic mass is 9.86. The first kappa shape index (κ1) is 28.9. The van der Waals surface area contributed by atoms with Gasteiger partial charge < -0.3 is 20.3 Å². The van der Waals surface area contributed by atoms with Crippen LogP contribution in [0.1, 0.15) is 56.2 Å². The van der Waals surface area contributed by atoms with Gasteiger partial charge in [0.15, 0.2) is 0 Å². The molecular weight excluding hydrogens is 502 g/mol. The summed E-state index contributed by atoms with van der Waals surface area (Å²) in [7, 11) is 0. The molecule has 40 heavy (non-hydrogen) atoms. The lowest BCUT2D eigenvalue weighted by molar-refractivity contribution is -0.160. The number of hydrogen-bond donors (Lipinski definition) is 2. The number of carbonyl (C=O) groups excluding carboxylic acids is 3. The fraction of sp³-hybridized carbons (Fsp3) is 0.364. The average Bonchev–Trinajstić information content (AvgIpc) is 3.01. The van der Waals surface area contributed by atoms with Crippen molar-refractivity contribution in [1.82, 2.24) is 10.2 Å². The smallest absolute Gasteiger partial charge is 0.326 e. The molecular formula is C33H39N3O4. The Labute approximate surface area is 236 Å². The molecule has 7 heteroatoms. The second-order valence-corrected chi connectivity index (χ2v) is 11.5. The molecule has 1 fully saturated rings. The maximum Gasteiger partial charge on any atom is 0.326 e. The van der Waals surface area contributed by atoms with Crippen LogP contribution in [0.2, 0.25) is 0 Å². The van der Waals surface area contributed by atoms with Crippen molar-refractivity contribution in [3.63, 3.8) is 0 Å². The molecule has 1 aliphatic heterocycles. The average molecular weight is 542 g/mol. The molecule has 0 spiro atoms. The van der Waals surface area contributed by atoms with Crippen molar-refractivity contribution in [1.29, 1.82) is 0 Å². The molecule has 3 aromatic carbocycles. The Balaban J connectivity index is 1.65. The molecule has 3 unspecified atom stereocenters. The van der Waals surface area contributed by atoms with Gasteiger partial charge in [0.25, 0.3) is 0 Å². The van der Waals surface area contributed by atoms with Crippen LogP contribution in [-0.4, -0.2) is 47.0 Å². The summed E-state index contributed by atoms with van der Waals surface area (Å²) in [5.41, 5.74) is 3.15. The zero-order valence-electron chi connectivity index (χ0n) is 23.7. The van der Waals surface area contributed by atoms with Gasteiger partial charge in [-0.2, -0.15) is 0 Å². The molecule has 0 saturated carbocycles. The minimum atomic E-state index is -0.821. The van der Waals surface area contributed by atoms with Crippen LogP contribution in [0.3, 0.4) is 0 Å². The minimum Gasteiger partial charge on any atom is -0.459 e. The Hall–Kier alpha value is -4.13. The molecule has 0 aromatic heterocycles. The number of nitrogens with zero attached hydrogens (tertiary/aromatic N) is 1. The summed E-state index contributed by atoms with van der Waals surface area (Å²) in [6.07, 6.45) is 1.65. The van der Waals surface area contributed by atoms with E-state index in [1.54, 1.807) is 11.0 Å². The highest BCUT2D eigenvalue weighted by atomic mass is 16.6. The van der Waals surface area contributed by atoms with Crippen molar-refractivity contribution < 1.29 is 19.1 Å². The van der Waals surface area contributed by atoms with Crippen molar-refractivity contribution in [2.45, 2.75) is 70.6 Å². The van der Waals surface area contributed by atoms with Gasteiger partial charge >= 0.3 is 12.0 Å². The Morgan fingerprint density at radius 1 is 0.925 bits per heavy atom. The highest BCUT2D eigenvalue weighted by Crippen LogP contribution is 2.33. The molecule has 3 atom stereocenters. The number of amides is 3. The van der Waals surface area contributed by atoms with Crippen molar-refractivity contribution in [3.8, 4) is 0 Å². The first-order valence-corrected chi connectivity index (χ1v) is 13.8. The Kier molecular flexibility index (Phi) is 9.25. The van der Waals surface area contributed by atoms with Gasteiger partial charge in [-0.05, 0) is 81.7 Å². The molecule has 3 aromatic rings. The highest BCUT2D eigenvalue weighted by molar-refractivity contribution is 5.94. The van der Waals surface area contributed by atoms with Crippen LogP contribution in [0, 0.1) is 6.92 Å². The summed E-state index contributed by atoms with van der Waals surface area (Å²) < 4.78 is 5.61. The Morgan fingerprint density at radius 2 is 1.60 bits per heavy atom. The van der Waals surface area contributed by atoms with Crippen LogP contribution in [0.5, 0.6) is 0 Å². The minimum absolute atomic E-state index is 0.00762. The van der Waals surface area contributed by atoms with Crippen LogP contribution in [0.15, 0.2) is 84.9 Å². The molecule has 1 aliphatic rings. The van der Waals surface area contributed by atoms with Crippen LogP contribution in [0.4, 0.5) is 10.5 Å². The van der Waals surface area contributed by atoms with Crippen LogP contribution in [0.25, 0.3) is 0 Å². The third kappa shape index (κ3) is 8.18. The third-order valence-electron chi connectivity index (χ3n) is 6.98. The fourth-order valence-electron chi connectivity index (χ4n) is 5.28. The number of esters is 1. The van der Waals surface area contributed by atoms with Crippen LogP contribution in [-0.2, 0) is 20.7 Å². The fourth-order valence-corrected chi connectivity index (χ4v) is 5.28. The summed E-state index contributed by atoms with van der Waals surface area (Å²) in [5, 5.41) is 5.77. The number of likely N-dealkylation sites (tertiary alicyclic amines) is 1. The van der Waals surface area contributed by atoms with Crippen molar-refractivity contribution in [2.75, 3.05) is 11.9 Å². The number of carbonyl (C=O) groups is 3. The van der Waals surface area contributed by atoms with E-state index < -0.39 is 23.6 Å². The lowest BCUT2D eigenvalue weighted by Gasteiger charge is -2.32. The number of aryl methyl sites for hydroxylation is 1. The molecule has 4 rings (SSSR count). The number of anilines is 1. The maximum atomic E-state index is 14.1. The third-order valence-corrected chi connectivity index (χ3v) is 6.98. The van der Waals surface area contributed by atoms with Gasteiger partial charge in [-0.15, -0.1) is 0 Å². The summed E-state index contributed by atoms with van der Waals surface area (Å²) in [6.45, 7) is 7.18.